The van der Waals surface area contributed by atoms with E-state index in [2.05, 4.69) is 0 Å². The fourth-order valence-corrected chi connectivity index (χ4v) is 1.33. The third-order valence-electron chi connectivity index (χ3n) is 2.18. The molecule has 0 amide bonds. The molecule has 1 aromatic rings. The Morgan fingerprint density at radius 3 is 2.36 bits per heavy atom. The quantitative estimate of drug-likeness (QED) is 0.612. The van der Waals surface area contributed by atoms with E-state index in [1.807, 2.05) is 30.3 Å². The Labute approximate surface area is 83.2 Å². The maximum atomic E-state index is 11.3. The molecule has 0 N–H and O–H groups in total. The number of carbonyl (C=O) groups excluding carboxylic acids is 1. The average Bonchev–Trinajstić information content (AvgIpc) is 2.43. The van der Waals surface area contributed by atoms with E-state index in [1.165, 1.54) is 0 Å². The Hall–Kier alpha value is -1.29. The standard InChI is InChI=1S/C10H11BO3/c1-10(2)9(12)13-11(14-10)8-6-4-3-5-7-8/h3-7H,1-2H3. The van der Waals surface area contributed by atoms with Gasteiger partial charge in [0.2, 0.25) is 0 Å². The number of carbonyl (C=O) groups is 1. The van der Waals surface area contributed by atoms with Gasteiger partial charge in [-0.3, -0.25) is 4.79 Å². The first-order chi connectivity index (χ1) is 6.59. The van der Waals surface area contributed by atoms with Gasteiger partial charge in [0.1, 0.15) is 5.60 Å². The molecule has 72 valence electrons. The van der Waals surface area contributed by atoms with E-state index in [9.17, 15) is 4.79 Å². The first-order valence-corrected chi connectivity index (χ1v) is 4.53. The molecule has 0 spiro atoms. The molecule has 2 rings (SSSR count). The van der Waals surface area contributed by atoms with Crippen molar-refractivity contribution in [3.8, 4) is 0 Å². The predicted octanol–water partition coefficient (Wildman–Crippen LogP) is 0.734. The molecule has 14 heavy (non-hydrogen) atoms. The van der Waals surface area contributed by atoms with Crippen molar-refractivity contribution in [1.82, 2.24) is 0 Å². The van der Waals surface area contributed by atoms with Crippen molar-refractivity contribution < 1.29 is 14.1 Å². The van der Waals surface area contributed by atoms with Crippen molar-refractivity contribution in [2.75, 3.05) is 0 Å². The molecule has 3 nitrogen and oxygen atoms in total. The van der Waals surface area contributed by atoms with E-state index in [0.717, 1.165) is 5.46 Å². The van der Waals surface area contributed by atoms with E-state index in [-0.39, 0.29) is 5.97 Å². The lowest BCUT2D eigenvalue weighted by molar-refractivity contribution is -0.141. The summed E-state index contributed by atoms with van der Waals surface area (Å²) in [6.07, 6.45) is 0. The first kappa shape index (κ1) is 9.28. The summed E-state index contributed by atoms with van der Waals surface area (Å²) < 4.78 is 10.6. The van der Waals surface area contributed by atoms with Crippen LogP contribution < -0.4 is 5.46 Å². The summed E-state index contributed by atoms with van der Waals surface area (Å²) >= 11 is 0. The van der Waals surface area contributed by atoms with Crippen LogP contribution in [0.1, 0.15) is 13.8 Å². The summed E-state index contributed by atoms with van der Waals surface area (Å²) in [7, 11) is -0.557. The molecule has 0 radical (unpaired) electrons. The van der Waals surface area contributed by atoms with Crippen LogP contribution in [0.5, 0.6) is 0 Å². The Morgan fingerprint density at radius 1 is 1.21 bits per heavy atom. The molecule has 0 saturated carbocycles. The zero-order chi connectivity index (χ0) is 10.2. The van der Waals surface area contributed by atoms with Crippen LogP contribution in [-0.2, 0) is 14.1 Å². The highest BCUT2D eigenvalue weighted by Crippen LogP contribution is 2.20. The topological polar surface area (TPSA) is 35.5 Å². The van der Waals surface area contributed by atoms with Crippen LogP contribution in [-0.4, -0.2) is 18.7 Å². The highest BCUT2D eigenvalue weighted by Gasteiger charge is 2.46. The van der Waals surface area contributed by atoms with Crippen LogP contribution in [0, 0.1) is 0 Å². The lowest BCUT2D eigenvalue weighted by Crippen LogP contribution is -2.34. The van der Waals surface area contributed by atoms with Crippen molar-refractivity contribution >= 4 is 18.6 Å². The van der Waals surface area contributed by atoms with Crippen molar-refractivity contribution in [1.29, 1.82) is 0 Å². The monoisotopic (exact) mass is 190 g/mol. The smallest absolute Gasteiger partial charge is 0.504 e. The van der Waals surface area contributed by atoms with Crippen molar-refractivity contribution in [2.45, 2.75) is 19.4 Å². The van der Waals surface area contributed by atoms with Gasteiger partial charge in [0.15, 0.2) is 0 Å². The summed E-state index contributed by atoms with van der Waals surface area (Å²) in [5, 5.41) is 0. The summed E-state index contributed by atoms with van der Waals surface area (Å²) in [5.74, 6) is -0.314. The largest absolute Gasteiger partial charge is 0.565 e. The van der Waals surface area contributed by atoms with E-state index < -0.39 is 12.7 Å². The summed E-state index contributed by atoms with van der Waals surface area (Å²) in [6, 6.07) is 9.43. The fraction of sp³-hybridized carbons (Fsp3) is 0.300. The minimum Gasteiger partial charge on any atom is -0.504 e. The molecule has 1 aromatic carbocycles. The second kappa shape index (κ2) is 3.13. The van der Waals surface area contributed by atoms with Crippen LogP contribution in [0.25, 0.3) is 0 Å². The molecule has 1 heterocycles. The molecule has 0 atom stereocenters. The third kappa shape index (κ3) is 1.53. The molecule has 1 saturated heterocycles. The Balaban J connectivity index is 2.21. The zero-order valence-corrected chi connectivity index (χ0v) is 8.19. The van der Waals surface area contributed by atoms with Crippen LogP contribution >= 0.6 is 0 Å². The number of hydrogen-bond acceptors (Lipinski definition) is 3. The fourth-order valence-electron chi connectivity index (χ4n) is 1.33. The molecule has 1 aliphatic heterocycles. The van der Waals surface area contributed by atoms with Gasteiger partial charge in [-0.05, 0) is 19.3 Å². The zero-order valence-electron chi connectivity index (χ0n) is 8.19. The normalized spacial score (nSPS) is 19.6. The predicted molar refractivity (Wildman–Crippen MR) is 53.1 cm³/mol. The Morgan fingerprint density at radius 2 is 1.86 bits per heavy atom. The van der Waals surface area contributed by atoms with Gasteiger partial charge in [0, 0.05) is 0 Å². The molecule has 1 aliphatic rings. The first-order valence-electron chi connectivity index (χ1n) is 4.53. The van der Waals surface area contributed by atoms with Gasteiger partial charge in [-0.15, -0.1) is 0 Å². The molecule has 4 heteroatoms. The molecule has 0 unspecified atom stereocenters. The van der Waals surface area contributed by atoms with E-state index in [0.29, 0.717) is 0 Å². The van der Waals surface area contributed by atoms with Crippen LogP contribution in [0.2, 0.25) is 0 Å². The van der Waals surface area contributed by atoms with Gasteiger partial charge in [0.25, 0.3) is 0 Å². The van der Waals surface area contributed by atoms with Gasteiger partial charge in [0.05, 0.1) is 0 Å². The van der Waals surface area contributed by atoms with Gasteiger partial charge < -0.3 is 9.31 Å². The maximum Gasteiger partial charge on any atom is 0.565 e. The molecule has 1 fully saturated rings. The second-order valence-corrected chi connectivity index (χ2v) is 3.78. The minimum atomic E-state index is -0.833. The van der Waals surface area contributed by atoms with Gasteiger partial charge in [-0.25, -0.2) is 0 Å². The van der Waals surface area contributed by atoms with E-state index >= 15 is 0 Å². The molecular formula is C10H11BO3. The minimum absolute atomic E-state index is 0.314. The van der Waals surface area contributed by atoms with Crippen molar-refractivity contribution in [3.05, 3.63) is 30.3 Å². The summed E-state index contributed by atoms with van der Waals surface area (Å²) in [5.41, 5.74) is 0.0342. The Bertz CT molecular complexity index is 348. The van der Waals surface area contributed by atoms with Crippen LogP contribution in [0.15, 0.2) is 30.3 Å². The lowest BCUT2D eigenvalue weighted by Gasteiger charge is -2.11. The molecular weight excluding hydrogens is 179 g/mol. The molecule has 0 bridgehead atoms. The molecule has 0 aromatic heterocycles. The summed E-state index contributed by atoms with van der Waals surface area (Å²) in [6.45, 7) is 3.41. The van der Waals surface area contributed by atoms with Gasteiger partial charge in [-0.1, -0.05) is 30.3 Å². The number of rotatable bonds is 1. The molecule has 0 aliphatic carbocycles. The van der Waals surface area contributed by atoms with Crippen LogP contribution in [0.3, 0.4) is 0 Å². The SMILES string of the molecule is CC1(C)OB(c2ccccc2)OC1=O. The number of hydrogen-bond donors (Lipinski definition) is 0. The maximum absolute atomic E-state index is 11.3. The van der Waals surface area contributed by atoms with Gasteiger partial charge in [-0.2, -0.15) is 0 Å². The third-order valence-corrected chi connectivity index (χ3v) is 2.18. The van der Waals surface area contributed by atoms with Crippen molar-refractivity contribution in [3.63, 3.8) is 0 Å². The lowest BCUT2D eigenvalue weighted by atomic mass is 9.79. The van der Waals surface area contributed by atoms with E-state index in [1.54, 1.807) is 13.8 Å². The summed E-state index contributed by atoms with van der Waals surface area (Å²) in [4.78, 5) is 11.3. The van der Waals surface area contributed by atoms with Crippen LogP contribution in [0.4, 0.5) is 0 Å². The highest BCUT2D eigenvalue weighted by atomic mass is 16.7. The van der Waals surface area contributed by atoms with Crippen molar-refractivity contribution in [2.24, 2.45) is 0 Å². The average molecular weight is 190 g/mol. The highest BCUT2D eigenvalue weighted by molar-refractivity contribution is 6.64. The second-order valence-electron chi connectivity index (χ2n) is 3.78. The number of benzene rings is 1. The Kier molecular flexibility index (Phi) is 2.08. The van der Waals surface area contributed by atoms with Gasteiger partial charge >= 0.3 is 13.1 Å². The van der Waals surface area contributed by atoms with E-state index in [4.69, 9.17) is 9.31 Å².